The van der Waals surface area contributed by atoms with Gasteiger partial charge in [0.05, 0.1) is 5.56 Å². The highest BCUT2D eigenvalue weighted by Gasteiger charge is 2.05. The number of benzene rings is 1. The van der Waals surface area contributed by atoms with Crippen molar-refractivity contribution in [2.45, 2.75) is 0 Å². The van der Waals surface area contributed by atoms with Gasteiger partial charge < -0.3 is 5.11 Å². The fourth-order valence-corrected chi connectivity index (χ4v) is 1.55. The summed E-state index contributed by atoms with van der Waals surface area (Å²) in [6.07, 6.45) is 1.66. The summed E-state index contributed by atoms with van der Waals surface area (Å²) in [4.78, 5) is 0. The molecule has 0 atom stereocenters. The van der Waals surface area contributed by atoms with Crippen molar-refractivity contribution in [2.75, 3.05) is 0 Å². The maximum absolute atomic E-state index is 9.34. The zero-order valence-corrected chi connectivity index (χ0v) is 8.25. The summed E-state index contributed by atoms with van der Waals surface area (Å²) in [5, 5.41) is 15.6. The highest BCUT2D eigenvalue weighted by Crippen LogP contribution is 2.28. The molecule has 0 aliphatic heterocycles. The second-order valence-corrected chi connectivity index (χ2v) is 3.55. The van der Waals surface area contributed by atoms with E-state index in [0.29, 0.717) is 5.56 Å². The molecule has 13 heavy (non-hydrogen) atoms. The lowest BCUT2D eigenvalue weighted by Crippen LogP contribution is -1.74. The van der Waals surface area contributed by atoms with Crippen LogP contribution >= 0.6 is 15.9 Å². The van der Waals surface area contributed by atoms with Gasteiger partial charge in [0, 0.05) is 10.7 Å². The Kier molecular flexibility index (Phi) is 2.06. The Hall–Kier alpha value is -1.29. The van der Waals surface area contributed by atoms with Crippen molar-refractivity contribution in [3.05, 3.63) is 34.9 Å². The first kappa shape index (κ1) is 8.31. The molecule has 1 heterocycles. The molecule has 0 radical (unpaired) electrons. The predicted molar refractivity (Wildman–Crippen MR) is 53.4 cm³/mol. The van der Waals surface area contributed by atoms with E-state index in [4.69, 9.17) is 0 Å². The molecule has 0 amide bonds. The second kappa shape index (κ2) is 3.22. The van der Waals surface area contributed by atoms with Crippen molar-refractivity contribution >= 4 is 15.9 Å². The molecule has 2 rings (SSSR count). The molecule has 0 aliphatic carbocycles. The Bertz CT molecular complexity index is 425. The highest BCUT2D eigenvalue weighted by atomic mass is 79.9. The number of aromatic hydroxyl groups is 1. The largest absolute Gasteiger partial charge is 0.492 e. The Morgan fingerprint density at radius 1 is 1.38 bits per heavy atom. The number of hydrogen-bond donors (Lipinski definition) is 2. The van der Waals surface area contributed by atoms with Crippen LogP contribution in [0, 0.1) is 0 Å². The Balaban J connectivity index is 2.53. The standard InChI is InChI=1S/C9H7BrN2O/c10-7-3-1-2-6(4-7)8-5-11-12-9(8)13/h1-5H,(H2,11,12,13). The SMILES string of the molecule is Oc1n[nH]cc1-c1cccc(Br)c1. The van der Waals surface area contributed by atoms with E-state index in [1.165, 1.54) is 0 Å². The zero-order valence-electron chi connectivity index (χ0n) is 6.66. The van der Waals surface area contributed by atoms with E-state index in [1.54, 1.807) is 6.20 Å². The van der Waals surface area contributed by atoms with E-state index < -0.39 is 0 Å². The second-order valence-electron chi connectivity index (χ2n) is 2.63. The number of halogens is 1. The summed E-state index contributed by atoms with van der Waals surface area (Å²) < 4.78 is 0.977. The fraction of sp³-hybridized carbons (Fsp3) is 0. The van der Waals surface area contributed by atoms with Gasteiger partial charge in [-0.05, 0) is 17.7 Å². The molecule has 2 aromatic rings. The van der Waals surface area contributed by atoms with Crippen molar-refractivity contribution in [1.82, 2.24) is 10.2 Å². The maximum Gasteiger partial charge on any atom is 0.238 e. The normalized spacial score (nSPS) is 10.2. The molecular weight excluding hydrogens is 232 g/mol. The highest BCUT2D eigenvalue weighted by molar-refractivity contribution is 9.10. The van der Waals surface area contributed by atoms with Gasteiger partial charge in [-0.3, -0.25) is 5.10 Å². The van der Waals surface area contributed by atoms with Crippen LogP contribution in [0.15, 0.2) is 34.9 Å². The van der Waals surface area contributed by atoms with Crippen molar-refractivity contribution in [3.63, 3.8) is 0 Å². The molecule has 2 N–H and O–H groups in total. The number of aromatic amines is 1. The predicted octanol–water partition coefficient (Wildman–Crippen LogP) is 2.54. The lowest BCUT2D eigenvalue weighted by molar-refractivity contribution is 0.454. The molecule has 0 spiro atoms. The minimum absolute atomic E-state index is 0.0260. The average Bonchev–Trinajstić information content (AvgIpc) is 2.51. The van der Waals surface area contributed by atoms with Crippen LogP contribution in [0.25, 0.3) is 11.1 Å². The van der Waals surface area contributed by atoms with Gasteiger partial charge in [0.1, 0.15) is 0 Å². The quantitative estimate of drug-likeness (QED) is 0.803. The Labute approximate surface area is 83.5 Å². The van der Waals surface area contributed by atoms with Crippen molar-refractivity contribution in [1.29, 1.82) is 0 Å². The summed E-state index contributed by atoms with van der Waals surface area (Å²) >= 11 is 3.36. The minimum atomic E-state index is 0.0260. The van der Waals surface area contributed by atoms with Crippen molar-refractivity contribution in [3.8, 4) is 17.0 Å². The third-order valence-corrected chi connectivity index (χ3v) is 2.25. The molecule has 0 saturated heterocycles. The minimum Gasteiger partial charge on any atom is -0.492 e. The number of aromatic nitrogens is 2. The molecule has 1 aromatic carbocycles. The number of nitrogens with zero attached hydrogens (tertiary/aromatic N) is 1. The van der Waals surface area contributed by atoms with E-state index in [1.807, 2.05) is 24.3 Å². The molecular formula is C9H7BrN2O. The van der Waals surface area contributed by atoms with Crippen LogP contribution in [0.2, 0.25) is 0 Å². The molecule has 0 saturated carbocycles. The number of H-pyrrole nitrogens is 1. The summed E-state index contributed by atoms with van der Waals surface area (Å²) in [6.45, 7) is 0. The summed E-state index contributed by atoms with van der Waals surface area (Å²) in [6, 6.07) is 7.67. The van der Waals surface area contributed by atoms with E-state index in [0.717, 1.165) is 10.0 Å². The van der Waals surface area contributed by atoms with Crippen molar-refractivity contribution in [2.24, 2.45) is 0 Å². The van der Waals surface area contributed by atoms with Crippen LogP contribution in [0.5, 0.6) is 5.88 Å². The summed E-state index contributed by atoms with van der Waals surface area (Å²) in [7, 11) is 0. The molecule has 0 unspecified atom stereocenters. The van der Waals surface area contributed by atoms with Crippen LogP contribution < -0.4 is 0 Å². The summed E-state index contributed by atoms with van der Waals surface area (Å²) in [5.74, 6) is 0.0260. The van der Waals surface area contributed by atoms with Crippen LogP contribution in [-0.2, 0) is 0 Å². The maximum atomic E-state index is 9.34. The van der Waals surface area contributed by atoms with E-state index >= 15 is 0 Å². The van der Waals surface area contributed by atoms with Crippen LogP contribution in [0.3, 0.4) is 0 Å². The van der Waals surface area contributed by atoms with Crippen molar-refractivity contribution < 1.29 is 5.11 Å². The van der Waals surface area contributed by atoms with E-state index in [9.17, 15) is 5.11 Å². The van der Waals surface area contributed by atoms with E-state index in [2.05, 4.69) is 26.1 Å². The molecule has 66 valence electrons. The molecule has 0 aliphatic rings. The monoisotopic (exact) mass is 238 g/mol. The fourth-order valence-electron chi connectivity index (χ4n) is 1.15. The van der Waals surface area contributed by atoms with Gasteiger partial charge in [-0.25, -0.2) is 0 Å². The van der Waals surface area contributed by atoms with Gasteiger partial charge >= 0.3 is 0 Å². The number of nitrogens with one attached hydrogen (secondary N) is 1. The third-order valence-electron chi connectivity index (χ3n) is 1.76. The topological polar surface area (TPSA) is 48.9 Å². The zero-order chi connectivity index (χ0) is 9.26. The third kappa shape index (κ3) is 1.58. The van der Waals surface area contributed by atoms with Crippen LogP contribution in [0.1, 0.15) is 0 Å². The van der Waals surface area contributed by atoms with Crippen LogP contribution in [0.4, 0.5) is 0 Å². The van der Waals surface area contributed by atoms with E-state index in [-0.39, 0.29) is 5.88 Å². The molecule has 3 nitrogen and oxygen atoms in total. The van der Waals surface area contributed by atoms with Gasteiger partial charge in [-0.15, -0.1) is 5.10 Å². The smallest absolute Gasteiger partial charge is 0.238 e. The number of rotatable bonds is 1. The first-order chi connectivity index (χ1) is 6.27. The lowest BCUT2D eigenvalue weighted by atomic mass is 10.1. The number of hydrogen-bond acceptors (Lipinski definition) is 2. The van der Waals surface area contributed by atoms with Crippen LogP contribution in [-0.4, -0.2) is 15.3 Å². The van der Waals surface area contributed by atoms with Gasteiger partial charge in [0.2, 0.25) is 5.88 Å². The first-order valence-corrected chi connectivity index (χ1v) is 4.55. The van der Waals surface area contributed by atoms with Gasteiger partial charge in [-0.2, -0.15) is 0 Å². The summed E-state index contributed by atoms with van der Waals surface area (Å²) in [5.41, 5.74) is 1.64. The molecule has 4 heteroatoms. The lowest BCUT2D eigenvalue weighted by Gasteiger charge is -1.97. The molecule has 0 fully saturated rings. The molecule has 1 aromatic heterocycles. The van der Waals surface area contributed by atoms with Gasteiger partial charge in [0.15, 0.2) is 0 Å². The molecule has 0 bridgehead atoms. The Morgan fingerprint density at radius 2 is 2.23 bits per heavy atom. The van der Waals surface area contributed by atoms with Gasteiger partial charge in [-0.1, -0.05) is 28.1 Å². The Morgan fingerprint density at radius 3 is 2.85 bits per heavy atom. The first-order valence-electron chi connectivity index (χ1n) is 3.76. The average molecular weight is 239 g/mol. The van der Waals surface area contributed by atoms with Gasteiger partial charge in [0.25, 0.3) is 0 Å².